The van der Waals surface area contributed by atoms with Gasteiger partial charge < -0.3 is 4.90 Å². The first-order valence-corrected chi connectivity index (χ1v) is 11.3. The number of sulfonamides is 1. The number of nitrogens with one attached hydrogen (secondary N) is 1. The molecule has 5 nitrogen and oxygen atoms in total. The van der Waals surface area contributed by atoms with Crippen LogP contribution in [0.4, 0.5) is 11.4 Å². The molecule has 1 amide bonds. The highest BCUT2D eigenvalue weighted by Crippen LogP contribution is 2.39. The molecule has 0 saturated heterocycles. The third-order valence-electron chi connectivity index (χ3n) is 4.61. The lowest BCUT2D eigenvalue weighted by atomic mass is 10.2. The van der Waals surface area contributed by atoms with Gasteiger partial charge in [-0.15, -0.1) is 0 Å². The summed E-state index contributed by atoms with van der Waals surface area (Å²) in [6.45, 7) is 0.612. The van der Waals surface area contributed by atoms with Crippen LogP contribution in [-0.2, 0) is 21.2 Å². The van der Waals surface area contributed by atoms with Crippen LogP contribution in [0.2, 0.25) is 0 Å². The first-order chi connectivity index (χ1) is 12.3. The molecule has 2 aromatic carbocycles. The maximum atomic E-state index is 12.9. The molecule has 1 heterocycles. The van der Waals surface area contributed by atoms with Crippen LogP contribution in [0.25, 0.3) is 0 Å². The van der Waals surface area contributed by atoms with Crippen molar-refractivity contribution in [3.8, 4) is 0 Å². The van der Waals surface area contributed by atoms with E-state index in [2.05, 4.69) is 36.6 Å². The van der Waals surface area contributed by atoms with E-state index in [0.717, 1.165) is 29.3 Å². The van der Waals surface area contributed by atoms with Crippen molar-refractivity contribution in [2.75, 3.05) is 16.2 Å². The van der Waals surface area contributed by atoms with Gasteiger partial charge in [0.1, 0.15) is 4.90 Å². The summed E-state index contributed by atoms with van der Waals surface area (Å²) in [6.07, 6.45) is 2.60. The van der Waals surface area contributed by atoms with Crippen LogP contribution in [0.1, 0.15) is 18.4 Å². The summed E-state index contributed by atoms with van der Waals surface area (Å²) >= 11 is 6.71. The van der Waals surface area contributed by atoms with Crippen LogP contribution in [0.5, 0.6) is 0 Å². The largest absolute Gasteiger partial charge is 0.312 e. The Balaban J connectivity index is 1.69. The van der Waals surface area contributed by atoms with E-state index in [1.54, 1.807) is 35.2 Å². The number of anilines is 2. The number of amides is 1. The molecule has 1 saturated carbocycles. The summed E-state index contributed by atoms with van der Waals surface area (Å²) in [5, 5.41) is 0. The molecule has 1 fully saturated rings. The van der Waals surface area contributed by atoms with Gasteiger partial charge >= 0.3 is 0 Å². The molecule has 0 unspecified atom stereocenters. The zero-order valence-corrected chi connectivity index (χ0v) is 17.7. The van der Waals surface area contributed by atoms with Crippen molar-refractivity contribution in [2.45, 2.75) is 24.2 Å². The second kappa shape index (κ2) is 6.65. The Morgan fingerprint density at radius 2 is 1.81 bits per heavy atom. The molecule has 0 spiro atoms. The highest BCUT2D eigenvalue weighted by molar-refractivity contribution is 9.10. The average Bonchev–Trinajstić information content (AvgIpc) is 3.36. The second-order valence-electron chi connectivity index (χ2n) is 6.54. The van der Waals surface area contributed by atoms with Gasteiger partial charge in [-0.2, -0.15) is 0 Å². The molecule has 0 atom stereocenters. The SMILES string of the molecule is O=C(C1CC1)N1CCc2cc(Br)c(S(=O)(=O)Nc3ccc(Br)cc3)cc21. The maximum absolute atomic E-state index is 12.9. The molecule has 8 heteroatoms. The van der Waals surface area contributed by atoms with Crippen molar-refractivity contribution >= 4 is 59.2 Å². The van der Waals surface area contributed by atoms with Crippen molar-refractivity contribution in [2.24, 2.45) is 5.92 Å². The van der Waals surface area contributed by atoms with Crippen LogP contribution >= 0.6 is 31.9 Å². The molecule has 0 bridgehead atoms. The molecule has 0 aromatic heterocycles. The highest BCUT2D eigenvalue weighted by atomic mass is 79.9. The van der Waals surface area contributed by atoms with Crippen LogP contribution in [0, 0.1) is 5.92 Å². The van der Waals surface area contributed by atoms with E-state index in [1.807, 2.05) is 6.07 Å². The van der Waals surface area contributed by atoms with Gasteiger partial charge in [0.25, 0.3) is 10.0 Å². The molecule has 136 valence electrons. The number of carbonyl (C=O) groups is 1. The lowest BCUT2D eigenvalue weighted by Gasteiger charge is -2.18. The Hall–Kier alpha value is -1.38. The van der Waals surface area contributed by atoms with Gasteiger partial charge in [-0.25, -0.2) is 8.42 Å². The minimum atomic E-state index is -3.78. The minimum absolute atomic E-state index is 0.102. The summed E-state index contributed by atoms with van der Waals surface area (Å²) in [7, 11) is -3.78. The Labute approximate surface area is 169 Å². The summed E-state index contributed by atoms with van der Waals surface area (Å²) in [5.41, 5.74) is 2.18. The molecule has 2 aliphatic rings. The number of hydrogen-bond donors (Lipinski definition) is 1. The Kier molecular flexibility index (Phi) is 4.61. The molecule has 1 N–H and O–H groups in total. The van der Waals surface area contributed by atoms with E-state index in [0.29, 0.717) is 22.4 Å². The van der Waals surface area contributed by atoms with E-state index in [9.17, 15) is 13.2 Å². The normalized spacial score (nSPS) is 16.5. The van der Waals surface area contributed by atoms with Crippen molar-refractivity contribution in [3.63, 3.8) is 0 Å². The number of benzene rings is 2. The van der Waals surface area contributed by atoms with Gasteiger partial charge in [0, 0.05) is 32.8 Å². The Morgan fingerprint density at radius 3 is 2.46 bits per heavy atom. The zero-order valence-electron chi connectivity index (χ0n) is 13.7. The number of halogens is 2. The fourth-order valence-corrected chi connectivity index (χ4v) is 5.53. The third-order valence-corrected chi connectivity index (χ3v) is 7.48. The maximum Gasteiger partial charge on any atom is 0.263 e. The van der Waals surface area contributed by atoms with E-state index in [-0.39, 0.29) is 16.7 Å². The molecule has 4 rings (SSSR count). The Morgan fingerprint density at radius 1 is 1.12 bits per heavy atom. The van der Waals surface area contributed by atoms with Gasteiger partial charge in [0.15, 0.2) is 0 Å². The summed E-state index contributed by atoms with van der Waals surface area (Å²) < 4.78 is 29.7. The quantitative estimate of drug-likeness (QED) is 0.681. The van der Waals surface area contributed by atoms with Crippen LogP contribution in [0.3, 0.4) is 0 Å². The van der Waals surface area contributed by atoms with Crippen molar-refractivity contribution < 1.29 is 13.2 Å². The van der Waals surface area contributed by atoms with Gasteiger partial charge in [-0.3, -0.25) is 9.52 Å². The van der Waals surface area contributed by atoms with Crippen molar-refractivity contribution in [1.29, 1.82) is 0 Å². The Bertz CT molecular complexity index is 986. The third kappa shape index (κ3) is 3.42. The van der Waals surface area contributed by atoms with Gasteiger partial charge in [-0.1, -0.05) is 15.9 Å². The second-order valence-corrected chi connectivity index (χ2v) is 9.96. The zero-order chi connectivity index (χ0) is 18.5. The molecular formula is C18H16Br2N2O3S. The molecule has 26 heavy (non-hydrogen) atoms. The molecule has 1 aliphatic carbocycles. The standard InChI is InChI=1S/C18H16Br2N2O3S/c19-13-3-5-14(6-4-13)21-26(24,25)17-10-16-12(9-15(17)20)7-8-22(16)18(23)11-1-2-11/h3-6,9-11,21H,1-2,7-8H2. The number of hydrogen-bond acceptors (Lipinski definition) is 3. The van der Waals surface area contributed by atoms with E-state index >= 15 is 0 Å². The van der Waals surface area contributed by atoms with E-state index in [1.165, 1.54) is 0 Å². The molecule has 2 aromatic rings. The monoisotopic (exact) mass is 498 g/mol. The fraction of sp³-hybridized carbons (Fsp3) is 0.278. The highest BCUT2D eigenvalue weighted by Gasteiger charge is 2.37. The summed E-state index contributed by atoms with van der Waals surface area (Å²) in [6, 6.07) is 10.3. The van der Waals surface area contributed by atoms with E-state index in [4.69, 9.17) is 0 Å². The smallest absolute Gasteiger partial charge is 0.263 e. The summed E-state index contributed by atoms with van der Waals surface area (Å²) in [4.78, 5) is 14.4. The van der Waals surface area contributed by atoms with E-state index < -0.39 is 10.0 Å². The molecule has 0 radical (unpaired) electrons. The number of nitrogens with zero attached hydrogens (tertiary/aromatic N) is 1. The van der Waals surface area contributed by atoms with Crippen LogP contribution in [0.15, 0.2) is 50.2 Å². The summed E-state index contributed by atoms with van der Waals surface area (Å²) in [5.74, 6) is 0.209. The number of rotatable bonds is 4. The lowest BCUT2D eigenvalue weighted by molar-refractivity contribution is -0.119. The number of carbonyl (C=O) groups excluding carboxylic acids is 1. The van der Waals surface area contributed by atoms with Crippen molar-refractivity contribution in [1.82, 2.24) is 0 Å². The average molecular weight is 500 g/mol. The topological polar surface area (TPSA) is 66.5 Å². The van der Waals surface area contributed by atoms with Gasteiger partial charge in [0.05, 0.1) is 0 Å². The minimum Gasteiger partial charge on any atom is -0.312 e. The van der Waals surface area contributed by atoms with Gasteiger partial charge in [0.2, 0.25) is 5.91 Å². The first kappa shape index (κ1) is 18.0. The predicted octanol–water partition coefficient (Wildman–Crippen LogP) is 4.31. The van der Waals surface area contributed by atoms with Crippen LogP contribution in [-0.4, -0.2) is 20.9 Å². The van der Waals surface area contributed by atoms with Crippen LogP contribution < -0.4 is 9.62 Å². The molecular weight excluding hydrogens is 484 g/mol. The molecule has 1 aliphatic heterocycles. The number of fused-ring (bicyclic) bond motifs is 1. The predicted molar refractivity (Wildman–Crippen MR) is 108 cm³/mol. The van der Waals surface area contributed by atoms with Gasteiger partial charge in [-0.05, 0) is 77.2 Å². The van der Waals surface area contributed by atoms with Crippen molar-refractivity contribution in [3.05, 3.63) is 50.9 Å². The lowest BCUT2D eigenvalue weighted by Crippen LogP contribution is -2.30. The fourth-order valence-electron chi connectivity index (χ4n) is 3.10. The first-order valence-electron chi connectivity index (χ1n) is 8.27.